The topological polar surface area (TPSA) is 105 Å². The van der Waals surface area contributed by atoms with Gasteiger partial charge < -0.3 is 9.73 Å². The second-order valence-electron chi connectivity index (χ2n) is 9.05. The van der Waals surface area contributed by atoms with Gasteiger partial charge in [0.2, 0.25) is 5.91 Å². The van der Waals surface area contributed by atoms with Crippen molar-refractivity contribution >= 4 is 29.6 Å². The van der Waals surface area contributed by atoms with Crippen LogP contribution in [0.2, 0.25) is 0 Å². The van der Waals surface area contributed by atoms with E-state index in [0.29, 0.717) is 35.4 Å². The molecular weight excluding hydrogens is 464 g/mol. The van der Waals surface area contributed by atoms with Gasteiger partial charge >= 0.3 is 6.03 Å². The Bertz CT molecular complexity index is 1180. The average Bonchev–Trinajstić information content (AvgIpc) is 3.41. The Kier molecular flexibility index (Phi) is 6.34. The number of oxazole rings is 1. The molecule has 3 aromatic rings. The maximum Gasteiger partial charge on any atom is 0.344 e. The zero-order chi connectivity index (χ0) is 24.4. The average molecular weight is 491 g/mol. The molecule has 0 unspecified atom stereocenters. The summed E-state index contributed by atoms with van der Waals surface area (Å²) in [5.41, 5.74) is 4.02. The maximum absolute atomic E-state index is 13.0. The first-order valence-corrected chi connectivity index (χ1v) is 12.6. The van der Waals surface area contributed by atoms with Gasteiger partial charge in [-0.05, 0) is 31.6 Å². The first kappa shape index (κ1) is 23.2. The van der Waals surface area contributed by atoms with E-state index in [1.165, 1.54) is 0 Å². The summed E-state index contributed by atoms with van der Waals surface area (Å²) in [4.78, 5) is 42.7. The molecule has 1 saturated heterocycles. The van der Waals surface area contributed by atoms with Gasteiger partial charge in [-0.3, -0.25) is 15.0 Å². The highest BCUT2D eigenvalue weighted by atomic mass is 32.2. The molecule has 35 heavy (non-hydrogen) atoms. The van der Waals surface area contributed by atoms with Crippen LogP contribution in [-0.2, 0) is 9.59 Å². The molecule has 2 aromatic carbocycles. The molecule has 2 N–H and O–H groups in total. The van der Waals surface area contributed by atoms with Crippen LogP contribution in [0.4, 0.5) is 4.79 Å². The lowest BCUT2D eigenvalue weighted by atomic mass is 9.77. The van der Waals surface area contributed by atoms with Crippen molar-refractivity contribution in [2.75, 3.05) is 5.75 Å². The minimum atomic E-state index is -0.901. The third-order valence-corrected chi connectivity index (χ3v) is 7.37. The fourth-order valence-electron chi connectivity index (χ4n) is 4.54. The highest BCUT2D eigenvalue weighted by Crippen LogP contribution is 2.37. The fourth-order valence-corrected chi connectivity index (χ4v) is 5.16. The van der Waals surface area contributed by atoms with Crippen molar-refractivity contribution in [1.29, 1.82) is 0 Å². The van der Waals surface area contributed by atoms with Gasteiger partial charge in [-0.15, -0.1) is 0 Å². The molecule has 2 aliphatic rings. The fraction of sp³-hybridized carbons (Fsp3) is 0.308. The number of hydrazine groups is 1. The van der Waals surface area contributed by atoms with E-state index >= 15 is 0 Å². The van der Waals surface area contributed by atoms with Crippen LogP contribution in [0, 0.1) is 5.92 Å². The Labute approximate surface area is 207 Å². The van der Waals surface area contributed by atoms with E-state index in [4.69, 9.17) is 4.42 Å². The number of nitrogens with zero attached hydrogens (tertiary/aromatic N) is 2. The summed E-state index contributed by atoms with van der Waals surface area (Å²) in [5, 5.41) is 3.95. The van der Waals surface area contributed by atoms with Gasteiger partial charge in [-0.1, -0.05) is 79.3 Å². The lowest BCUT2D eigenvalue weighted by Crippen LogP contribution is -2.51. The monoisotopic (exact) mass is 490 g/mol. The quantitative estimate of drug-likeness (QED) is 0.386. The third-order valence-electron chi connectivity index (χ3n) is 6.54. The van der Waals surface area contributed by atoms with Crippen LogP contribution in [0.3, 0.4) is 0 Å². The number of rotatable bonds is 6. The van der Waals surface area contributed by atoms with Crippen LogP contribution in [0.5, 0.6) is 0 Å². The Hall–Kier alpha value is -3.59. The van der Waals surface area contributed by atoms with Crippen molar-refractivity contribution in [1.82, 2.24) is 20.7 Å². The molecule has 180 valence electrons. The summed E-state index contributed by atoms with van der Waals surface area (Å²) in [6.45, 7) is 2.14. The number of aromatic nitrogens is 1. The van der Waals surface area contributed by atoms with E-state index in [1.54, 1.807) is 0 Å². The van der Waals surface area contributed by atoms with Gasteiger partial charge in [0.15, 0.2) is 5.76 Å². The molecule has 8 nitrogen and oxygen atoms in total. The second-order valence-corrected chi connectivity index (χ2v) is 9.98. The molecule has 9 heteroatoms. The number of hydrogen-bond donors (Lipinski definition) is 2. The Morgan fingerprint density at radius 1 is 1.09 bits per heavy atom. The third kappa shape index (κ3) is 4.68. The highest BCUT2D eigenvalue weighted by molar-refractivity contribution is 7.99. The minimum Gasteiger partial charge on any atom is -0.431 e. The molecule has 1 aliphatic carbocycles. The van der Waals surface area contributed by atoms with Crippen LogP contribution < -0.4 is 10.7 Å². The van der Waals surface area contributed by atoms with Crippen LogP contribution >= 0.6 is 11.8 Å². The maximum atomic E-state index is 13.0. The Balaban J connectivity index is 1.28. The number of carbonyl (C=O) groups excluding carboxylic acids is 3. The van der Waals surface area contributed by atoms with Gasteiger partial charge in [0.1, 0.15) is 11.2 Å². The summed E-state index contributed by atoms with van der Waals surface area (Å²) in [5.74, 6) is 0.196. The van der Waals surface area contributed by atoms with Gasteiger partial charge in [-0.2, -0.15) is 5.01 Å². The molecule has 2 fully saturated rings. The number of urea groups is 1. The van der Waals surface area contributed by atoms with E-state index in [-0.39, 0.29) is 11.7 Å². The number of amides is 4. The lowest BCUT2D eigenvalue weighted by molar-refractivity contribution is -0.139. The molecule has 2 heterocycles. The molecule has 0 radical (unpaired) electrons. The molecule has 1 saturated carbocycles. The predicted octanol–water partition coefficient (Wildman–Crippen LogP) is 4.63. The summed E-state index contributed by atoms with van der Waals surface area (Å²) in [6.07, 6.45) is 2.89. The van der Waals surface area contributed by atoms with Crippen molar-refractivity contribution in [3.63, 3.8) is 0 Å². The van der Waals surface area contributed by atoms with Gasteiger partial charge in [-0.25, -0.2) is 9.78 Å². The Morgan fingerprint density at radius 2 is 1.71 bits per heavy atom. The highest BCUT2D eigenvalue weighted by Gasteiger charge is 2.52. The van der Waals surface area contributed by atoms with Crippen molar-refractivity contribution in [3.05, 3.63) is 60.7 Å². The number of thioether (sulfide) groups is 1. The van der Waals surface area contributed by atoms with Gasteiger partial charge in [0.25, 0.3) is 11.1 Å². The predicted molar refractivity (Wildman–Crippen MR) is 132 cm³/mol. The van der Waals surface area contributed by atoms with Crippen LogP contribution in [0.1, 0.15) is 32.6 Å². The van der Waals surface area contributed by atoms with Gasteiger partial charge in [0, 0.05) is 11.1 Å². The van der Waals surface area contributed by atoms with Crippen molar-refractivity contribution in [2.24, 2.45) is 5.92 Å². The summed E-state index contributed by atoms with van der Waals surface area (Å²) < 4.78 is 6.03. The summed E-state index contributed by atoms with van der Waals surface area (Å²) in [6, 6.07) is 18.7. The summed E-state index contributed by atoms with van der Waals surface area (Å²) >= 11 is 1.11. The Morgan fingerprint density at radius 3 is 2.37 bits per heavy atom. The van der Waals surface area contributed by atoms with Crippen LogP contribution in [-0.4, -0.2) is 39.1 Å². The lowest BCUT2D eigenvalue weighted by Gasteiger charge is -2.33. The molecule has 0 bridgehead atoms. The number of hydrogen-bond acceptors (Lipinski definition) is 6. The van der Waals surface area contributed by atoms with Crippen molar-refractivity contribution in [3.8, 4) is 22.6 Å². The molecule has 1 aliphatic heterocycles. The van der Waals surface area contributed by atoms with E-state index in [1.807, 2.05) is 60.7 Å². The van der Waals surface area contributed by atoms with E-state index in [9.17, 15) is 14.4 Å². The van der Waals surface area contributed by atoms with E-state index in [0.717, 1.165) is 40.7 Å². The van der Waals surface area contributed by atoms with E-state index < -0.39 is 17.5 Å². The van der Waals surface area contributed by atoms with Gasteiger partial charge in [0.05, 0.1) is 5.75 Å². The normalized spacial score (nSPS) is 21.9. The van der Waals surface area contributed by atoms with Crippen molar-refractivity contribution < 1.29 is 18.8 Å². The zero-order valence-corrected chi connectivity index (χ0v) is 20.1. The first-order valence-electron chi connectivity index (χ1n) is 11.7. The van der Waals surface area contributed by atoms with E-state index in [2.05, 4.69) is 22.7 Å². The number of imide groups is 1. The first-order chi connectivity index (χ1) is 16.9. The van der Waals surface area contributed by atoms with Crippen LogP contribution in [0.25, 0.3) is 22.6 Å². The second kappa shape index (κ2) is 9.58. The smallest absolute Gasteiger partial charge is 0.344 e. The molecular formula is C26H26N4O4S. The molecule has 1 spiro atoms. The number of carbonyl (C=O) groups is 3. The minimum absolute atomic E-state index is 0.0654. The molecule has 5 rings (SSSR count). The SMILES string of the molecule is CC1CCC2(CC1)NC(=O)N(NC(=O)CSc1nc(-c3ccccc3)c(-c3ccccc3)o1)C2=O. The molecule has 0 atom stereocenters. The summed E-state index contributed by atoms with van der Waals surface area (Å²) in [7, 11) is 0. The standard InChI is InChI=1S/C26H26N4O4S/c1-17-12-14-26(15-13-17)23(32)30(24(33)28-26)29-20(31)16-35-25-27-21(18-8-4-2-5-9-18)22(34-25)19-10-6-3-7-11-19/h2-11,17H,12-16H2,1H3,(H,28,33)(H,29,31). The largest absolute Gasteiger partial charge is 0.431 e. The number of nitrogens with one attached hydrogen (secondary N) is 2. The van der Waals surface area contributed by atoms with Crippen LogP contribution in [0.15, 0.2) is 70.3 Å². The molecule has 1 aromatic heterocycles. The zero-order valence-electron chi connectivity index (χ0n) is 19.3. The van der Waals surface area contributed by atoms with Crippen molar-refractivity contribution in [2.45, 2.75) is 43.4 Å². The number of benzene rings is 2. The molecule has 4 amide bonds.